The van der Waals surface area contributed by atoms with Crippen LogP contribution in [0, 0.1) is 0 Å². The fourth-order valence-corrected chi connectivity index (χ4v) is 1.54. The molecular formula is C14H18O4. The van der Waals surface area contributed by atoms with Gasteiger partial charge in [-0.25, -0.2) is 4.79 Å². The van der Waals surface area contributed by atoms with E-state index in [2.05, 4.69) is 0 Å². The van der Waals surface area contributed by atoms with E-state index in [0.717, 1.165) is 12.8 Å². The van der Waals surface area contributed by atoms with Gasteiger partial charge < -0.3 is 9.47 Å². The lowest BCUT2D eigenvalue weighted by molar-refractivity contribution is -0.131. The minimum atomic E-state index is -0.387. The zero-order valence-electron chi connectivity index (χ0n) is 10.9. The normalized spacial score (nSPS) is 11.7. The monoisotopic (exact) mass is 250 g/mol. The van der Waals surface area contributed by atoms with Crippen molar-refractivity contribution in [1.29, 1.82) is 0 Å². The summed E-state index contributed by atoms with van der Waals surface area (Å²) in [6, 6.07) is 6.31. The Morgan fingerprint density at radius 2 is 1.83 bits per heavy atom. The van der Waals surface area contributed by atoms with Gasteiger partial charge in [-0.15, -0.1) is 0 Å². The molecule has 0 radical (unpaired) electrons. The summed E-state index contributed by atoms with van der Waals surface area (Å²) in [6.45, 7) is 5.24. The lowest BCUT2D eigenvalue weighted by atomic mass is 10.2. The smallest absolute Gasteiger partial charge is 0.338 e. The molecule has 0 amide bonds. The van der Waals surface area contributed by atoms with Crippen LogP contribution in [0.5, 0.6) is 5.75 Å². The number of benzene rings is 1. The van der Waals surface area contributed by atoms with Gasteiger partial charge in [0.15, 0.2) is 0 Å². The van der Waals surface area contributed by atoms with E-state index in [4.69, 9.17) is 9.47 Å². The summed E-state index contributed by atoms with van der Waals surface area (Å²) in [5.41, 5.74) is 0.453. The highest BCUT2D eigenvalue weighted by molar-refractivity contribution is 5.89. The molecule has 4 heteroatoms. The Labute approximate surface area is 107 Å². The van der Waals surface area contributed by atoms with Crippen LogP contribution >= 0.6 is 0 Å². The number of hydrogen-bond donors (Lipinski definition) is 0. The third kappa shape index (κ3) is 4.57. The number of esters is 2. The quantitative estimate of drug-likeness (QED) is 0.595. The standard InChI is InChI=1S/C14H18O4/c1-4-5-10(2)17-14(16)12-6-8-13(9-7-12)18-11(3)15/h6-10H,4-5H2,1-3H3. The van der Waals surface area contributed by atoms with E-state index in [1.54, 1.807) is 24.3 Å². The largest absolute Gasteiger partial charge is 0.459 e. The van der Waals surface area contributed by atoms with Crippen LogP contribution in [0.1, 0.15) is 44.0 Å². The molecule has 1 atom stereocenters. The summed E-state index contributed by atoms with van der Waals surface area (Å²) in [7, 11) is 0. The predicted molar refractivity (Wildman–Crippen MR) is 67.5 cm³/mol. The Kier molecular flexibility index (Phi) is 5.36. The van der Waals surface area contributed by atoms with Crippen molar-refractivity contribution in [3.05, 3.63) is 29.8 Å². The third-order valence-electron chi connectivity index (χ3n) is 2.36. The number of carbonyl (C=O) groups excluding carboxylic acids is 2. The van der Waals surface area contributed by atoms with Crippen molar-refractivity contribution in [2.75, 3.05) is 0 Å². The van der Waals surface area contributed by atoms with E-state index in [0.29, 0.717) is 11.3 Å². The zero-order chi connectivity index (χ0) is 13.5. The first-order chi connectivity index (χ1) is 8.52. The molecule has 1 rings (SSSR count). The minimum absolute atomic E-state index is 0.0874. The molecule has 0 bridgehead atoms. The first-order valence-corrected chi connectivity index (χ1v) is 6.02. The van der Waals surface area contributed by atoms with Gasteiger partial charge in [-0.2, -0.15) is 0 Å². The van der Waals surface area contributed by atoms with Crippen LogP contribution in [0.25, 0.3) is 0 Å². The first-order valence-electron chi connectivity index (χ1n) is 6.02. The second-order valence-electron chi connectivity index (χ2n) is 4.12. The van der Waals surface area contributed by atoms with Crippen LogP contribution < -0.4 is 4.74 Å². The van der Waals surface area contributed by atoms with Crippen molar-refractivity contribution in [1.82, 2.24) is 0 Å². The second kappa shape index (κ2) is 6.79. The summed E-state index contributed by atoms with van der Waals surface area (Å²) in [5.74, 6) is -0.326. The molecule has 1 aromatic carbocycles. The average Bonchev–Trinajstić information content (AvgIpc) is 2.29. The molecule has 98 valence electrons. The maximum atomic E-state index is 11.7. The van der Waals surface area contributed by atoms with E-state index in [1.165, 1.54) is 6.92 Å². The van der Waals surface area contributed by atoms with Gasteiger partial charge in [0.05, 0.1) is 11.7 Å². The molecule has 0 aliphatic rings. The molecule has 0 aromatic heterocycles. The van der Waals surface area contributed by atoms with Gasteiger partial charge in [0, 0.05) is 6.92 Å². The van der Waals surface area contributed by atoms with E-state index >= 15 is 0 Å². The molecule has 4 nitrogen and oxygen atoms in total. The van der Waals surface area contributed by atoms with Gasteiger partial charge in [0.25, 0.3) is 0 Å². The molecule has 0 heterocycles. The molecule has 0 aliphatic heterocycles. The summed E-state index contributed by atoms with van der Waals surface area (Å²) in [4.78, 5) is 22.5. The summed E-state index contributed by atoms with van der Waals surface area (Å²) < 4.78 is 10.1. The fraction of sp³-hybridized carbons (Fsp3) is 0.429. The molecule has 0 N–H and O–H groups in total. The summed E-state index contributed by atoms with van der Waals surface area (Å²) in [5, 5.41) is 0. The van der Waals surface area contributed by atoms with Gasteiger partial charge in [-0.1, -0.05) is 13.3 Å². The van der Waals surface area contributed by atoms with Crippen molar-refractivity contribution < 1.29 is 19.1 Å². The Morgan fingerprint density at radius 3 is 2.33 bits per heavy atom. The van der Waals surface area contributed by atoms with Crippen LogP contribution in [0.3, 0.4) is 0 Å². The van der Waals surface area contributed by atoms with E-state index in [1.807, 2.05) is 13.8 Å². The van der Waals surface area contributed by atoms with Crippen molar-refractivity contribution in [3.63, 3.8) is 0 Å². The van der Waals surface area contributed by atoms with Gasteiger partial charge >= 0.3 is 11.9 Å². The average molecular weight is 250 g/mol. The topological polar surface area (TPSA) is 52.6 Å². The van der Waals surface area contributed by atoms with Crippen molar-refractivity contribution in [2.24, 2.45) is 0 Å². The van der Waals surface area contributed by atoms with Crippen LogP contribution in [0.2, 0.25) is 0 Å². The van der Waals surface area contributed by atoms with E-state index < -0.39 is 0 Å². The van der Waals surface area contributed by atoms with Gasteiger partial charge in [0.2, 0.25) is 0 Å². The second-order valence-corrected chi connectivity index (χ2v) is 4.12. The highest BCUT2D eigenvalue weighted by atomic mass is 16.5. The molecule has 1 aromatic rings. The SMILES string of the molecule is CCCC(C)OC(=O)c1ccc(OC(C)=O)cc1. The van der Waals surface area contributed by atoms with Crippen LogP contribution in [-0.4, -0.2) is 18.0 Å². The summed E-state index contributed by atoms with van der Waals surface area (Å²) in [6.07, 6.45) is 1.73. The number of ether oxygens (including phenoxy) is 2. The Bertz CT molecular complexity index is 408. The number of rotatable bonds is 5. The van der Waals surface area contributed by atoms with Crippen molar-refractivity contribution >= 4 is 11.9 Å². The molecular weight excluding hydrogens is 232 g/mol. The molecule has 0 fully saturated rings. The molecule has 0 saturated heterocycles. The molecule has 0 saturated carbocycles. The lowest BCUT2D eigenvalue weighted by Crippen LogP contribution is -2.14. The van der Waals surface area contributed by atoms with Crippen LogP contribution in [-0.2, 0) is 9.53 Å². The third-order valence-corrected chi connectivity index (χ3v) is 2.36. The van der Waals surface area contributed by atoms with Crippen LogP contribution in [0.15, 0.2) is 24.3 Å². The molecule has 0 spiro atoms. The highest BCUT2D eigenvalue weighted by Crippen LogP contribution is 2.14. The van der Waals surface area contributed by atoms with Crippen molar-refractivity contribution in [2.45, 2.75) is 39.7 Å². The van der Waals surface area contributed by atoms with Gasteiger partial charge in [-0.3, -0.25) is 4.79 Å². The minimum Gasteiger partial charge on any atom is -0.459 e. The maximum Gasteiger partial charge on any atom is 0.338 e. The summed E-state index contributed by atoms with van der Waals surface area (Å²) >= 11 is 0. The molecule has 18 heavy (non-hydrogen) atoms. The zero-order valence-corrected chi connectivity index (χ0v) is 10.9. The van der Waals surface area contributed by atoms with Gasteiger partial charge in [0.1, 0.15) is 5.75 Å². The predicted octanol–water partition coefficient (Wildman–Crippen LogP) is 2.96. The lowest BCUT2D eigenvalue weighted by Gasteiger charge is -2.12. The van der Waals surface area contributed by atoms with Gasteiger partial charge in [-0.05, 0) is 37.6 Å². The Balaban J connectivity index is 2.61. The van der Waals surface area contributed by atoms with Crippen LogP contribution in [0.4, 0.5) is 0 Å². The molecule has 0 aliphatic carbocycles. The van der Waals surface area contributed by atoms with E-state index in [-0.39, 0.29) is 18.0 Å². The number of hydrogen-bond acceptors (Lipinski definition) is 4. The molecule has 1 unspecified atom stereocenters. The first kappa shape index (κ1) is 14.2. The number of carbonyl (C=O) groups is 2. The van der Waals surface area contributed by atoms with Crippen molar-refractivity contribution in [3.8, 4) is 5.75 Å². The Hall–Kier alpha value is -1.84. The van der Waals surface area contributed by atoms with E-state index in [9.17, 15) is 9.59 Å². The maximum absolute atomic E-state index is 11.7. The highest BCUT2D eigenvalue weighted by Gasteiger charge is 2.11. The Morgan fingerprint density at radius 1 is 1.22 bits per heavy atom. The fourth-order valence-electron chi connectivity index (χ4n) is 1.54.